The second-order valence-corrected chi connectivity index (χ2v) is 8.46. The summed E-state index contributed by atoms with van der Waals surface area (Å²) in [7, 11) is 3.63. The first-order valence-electron chi connectivity index (χ1n) is 10.5. The van der Waals surface area contributed by atoms with Gasteiger partial charge in [0.15, 0.2) is 0 Å². The van der Waals surface area contributed by atoms with E-state index in [0.29, 0.717) is 22.8 Å². The van der Waals surface area contributed by atoms with Crippen molar-refractivity contribution in [3.63, 3.8) is 0 Å². The lowest BCUT2D eigenvalue weighted by Crippen LogP contribution is -2.34. The molecule has 0 aliphatic heterocycles. The molecule has 0 saturated carbocycles. The van der Waals surface area contributed by atoms with Crippen molar-refractivity contribution in [3.05, 3.63) is 69.2 Å². The van der Waals surface area contributed by atoms with Crippen LogP contribution in [-0.4, -0.2) is 52.5 Å². The number of aromatic nitrogens is 2. The molecule has 3 aromatic rings. The maximum Gasteiger partial charge on any atom is 0.437 e. The van der Waals surface area contributed by atoms with Crippen LogP contribution < -0.4 is 10.5 Å². The molecular weight excluding hydrogens is 491 g/mol. The number of rotatable bonds is 10. The van der Waals surface area contributed by atoms with Crippen molar-refractivity contribution in [1.29, 1.82) is 0 Å². The van der Waals surface area contributed by atoms with Crippen LogP contribution in [0.4, 0.5) is 13.2 Å². The second-order valence-electron chi connectivity index (χ2n) is 8.02. The van der Waals surface area contributed by atoms with Gasteiger partial charge < -0.3 is 19.2 Å². The Labute approximate surface area is 203 Å². The van der Waals surface area contributed by atoms with Gasteiger partial charge in [0, 0.05) is 28.6 Å². The van der Waals surface area contributed by atoms with Crippen molar-refractivity contribution < 1.29 is 32.2 Å². The van der Waals surface area contributed by atoms with Gasteiger partial charge in [0.25, 0.3) is 0 Å². The molecule has 1 heterocycles. The number of benzene rings is 2. The Morgan fingerprint density at radius 3 is 2.51 bits per heavy atom. The van der Waals surface area contributed by atoms with Gasteiger partial charge in [0.05, 0.1) is 12.1 Å². The molecule has 188 valence electrons. The number of carboxylic acids is 1. The van der Waals surface area contributed by atoms with Gasteiger partial charge in [-0.25, -0.2) is 4.79 Å². The Balaban J connectivity index is 1.79. The molecule has 8 nitrogen and oxygen atoms in total. The van der Waals surface area contributed by atoms with E-state index in [0.717, 1.165) is 16.8 Å². The van der Waals surface area contributed by atoms with E-state index < -0.39 is 23.5 Å². The first kappa shape index (κ1) is 26.3. The maximum absolute atomic E-state index is 12.8. The van der Waals surface area contributed by atoms with Crippen LogP contribution in [0, 0.1) is 0 Å². The zero-order chi connectivity index (χ0) is 25.8. The van der Waals surface area contributed by atoms with Crippen molar-refractivity contribution >= 4 is 17.6 Å². The van der Waals surface area contributed by atoms with E-state index in [4.69, 9.17) is 25.9 Å². The van der Waals surface area contributed by atoms with E-state index in [1.807, 2.05) is 19.0 Å². The number of hydrogen-bond acceptors (Lipinski definition) is 6. The molecule has 35 heavy (non-hydrogen) atoms. The summed E-state index contributed by atoms with van der Waals surface area (Å²) in [5.74, 6) is -1.42. The fourth-order valence-electron chi connectivity index (χ4n) is 3.27. The summed E-state index contributed by atoms with van der Waals surface area (Å²) < 4.78 is 50.4. The van der Waals surface area contributed by atoms with Crippen molar-refractivity contribution in [2.24, 2.45) is 0 Å². The van der Waals surface area contributed by atoms with Gasteiger partial charge in [-0.2, -0.15) is 17.9 Å². The molecule has 1 atom stereocenters. The lowest BCUT2D eigenvalue weighted by molar-refractivity contribution is -0.138. The third kappa shape index (κ3) is 7.09. The van der Waals surface area contributed by atoms with Gasteiger partial charge in [-0.05, 0) is 63.0 Å². The molecule has 0 spiro atoms. The summed E-state index contributed by atoms with van der Waals surface area (Å²) in [5.41, 5.74) is -0.102. The molecule has 3 rings (SSSR count). The Morgan fingerprint density at radius 2 is 1.91 bits per heavy atom. The Hall–Kier alpha value is -3.31. The van der Waals surface area contributed by atoms with Crippen molar-refractivity contribution in [3.8, 4) is 17.2 Å². The van der Waals surface area contributed by atoms with Crippen LogP contribution in [0.5, 0.6) is 5.75 Å². The molecule has 0 fully saturated rings. The molecule has 0 bridgehead atoms. The van der Waals surface area contributed by atoms with E-state index in [2.05, 4.69) is 5.10 Å². The van der Waals surface area contributed by atoms with Gasteiger partial charge in [-0.3, -0.25) is 4.79 Å². The van der Waals surface area contributed by atoms with E-state index in [1.54, 1.807) is 18.2 Å². The minimum Gasteiger partial charge on any atom is -0.492 e. The predicted octanol–water partition coefficient (Wildman–Crippen LogP) is 4.40. The zero-order valence-electron chi connectivity index (χ0n) is 18.9. The molecule has 2 aromatic carbocycles. The number of carboxylic acid groups (broad SMARTS) is 1. The second kappa shape index (κ2) is 11.0. The summed E-state index contributed by atoms with van der Waals surface area (Å²) in [6, 6.07) is 8.76. The average Bonchev–Trinajstić information content (AvgIpc) is 3.14. The van der Waals surface area contributed by atoms with Gasteiger partial charge >= 0.3 is 17.9 Å². The number of halogens is 4. The molecule has 12 heteroatoms. The minimum absolute atomic E-state index is 0.0132. The lowest BCUT2D eigenvalue weighted by atomic mass is 10.1. The number of likely N-dealkylation sites (N-methyl/N-ethyl adjacent to an activating group) is 1. The molecule has 0 aliphatic rings. The number of hydrogen-bond donors (Lipinski definition) is 1. The highest BCUT2D eigenvalue weighted by Crippen LogP contribution is 2.30. The zero-order valence-corrected chi connectivity index (χ0v) is 19.6. The Kier molecular flexibility index (Phi) is 8.23. The topological polar surface area (TPSA) is 97.8 Å². The number of alkyl halides is 3. The smallest absolute Gasteiger partial charge is 0.437 e. The van der Waals surface area contributed by atoms with Crippen LogP contribution >= 0.6 is 11.6 Å². The van der Waals surface area contributed by atoms with Crippen LogP contribution in [0.3, 0.4) is 0 Å². The number of ether oxygens (including phenoxy) is 1. The SMILES string of the molecule is CN(C)C(CCC(=O)O)COc1ccc(Cl)cc1Cn1nc(-c2ccc(C(F)(F)F)cc2)oc1=O. The summed E-state index contributed by atoms with van der Waals surface area (Å²) in [5, 5.41) is 13.4. The van der Waals surface area contributed by atoms with Crippen molar-refractivity contribution in [1.82, 2.24) is 14.7 Å². The highest BCUT2D eigenvalue weighted by atomic mass is 35.5. The highest BCUT2D eigenvalue weighted by molar-refractivity contribution is 6.30. The summed E-state index contributed by atoms with van der Waals surface area (Å²) in [6.45, 7) is 0.125. The first-order valence-corrected chi connectivity index (χ1v) is 10.9. The predicted molar refractivity (Wildman–Crippen MR) is 122 cm³/mol. The molecule has 1 aromatic heterocycles. The van der Waals surface area contributed by atoms with Crippen LogP contribution in [-0.2, 0) is 17.5 Å². The van der Waals surface area contributed by atoms with Gasteiger partial charge in [-0.15, -0.1) is 5.10 Å². The van der Waals surface area contributed by atoms with Crippen LogP contribution in [0.2, 0.25) is 5.02 Å². The van der Waals surface area contributed by atoms with Gasteiger partial charge in [0.1, 0.15) is 12.4 Å². The van der Waals surface area contributed by atoms with E-state index in [9.17, 15) is 22.8 Å². The average molecular weight is 514 g/mol. The van der Waals surface area contributed by atoms with E-state index in [-0.39, 0.29) is 37.1 Å². The molecule has 1 N–H and O–H groups in total. The fraction of sp³-hybridized carbons (Fsp3) is 0.348. The standard InChI is InChI=1S/C23H23ClF3N3O5/c1-29(2)18(8-10-20(31)32)13-34-19-9-7-17(24)11-15(19)12-30-22(33)35-21(28-30)14-3-5-16(6-4-14)23(25,26)27/h3-7,9,11,18H,8,10,12-13H2,1-2H3,(H,31,32). The third-order valence-electron chi connectivity index (χ3n) is 5.26. The number of aliphatic carboxylic acids is 1. The molecular formula is C23H23ClF3N3O5. The Morgan fingerprint density at radius 1 is 1.23 bits per heavy atom. The molecule has 0 radical (unpaired) electrons. The number of carbonyl (C=O) groups is 1. The molecule has 0 aliphatic carbocycles. The summed E-state index contributed by atoms with van der Waals surface area (Å²) in [4.78, 5) is 25.1. The summed E-state index contributed by atoms with van der Waals surface area (Å²) in [6.07, 6.45) is -4.12. The monoisotopic (exact) mass is 513 g/mol. The van der Waals surface area contributed by atoms with Gasteiger partial charge in [-0.1, -0.05) is 11.6 Å². The van der Waals surface area contributed by atoms with E-state index in [1.165, 1.54) is 12.1 Å². The third-order valence-corrected chi connectivity index (χ3v) is 5.50. The number of nitrogens with zero attached hydrogens (tertiary/aromatic N) is 3. The lowest BCUT2D eigenvalue weighted by Gasteiger charge is -2.24. The quantitative estimate of drug-likeness (QED) is 0.429. The first-order chi connectivity index (χ1) is 16.4. The maximum atomic E-state index is 12.8. The van der Waals surface area contributed by atoms with Gasteiger partial charge in [0.2, 0.25) is 5.89 Å². The van der Waals surface area contributed by atoms with Crippen LogP contribution in [0.15, 0.2) is 51.7 Å². The van der Waals surface area contributed by atoms with E-state index >= 15 is 0 Å². The largest absolute Gasteiger partial charge is 0.492 e. The molecule has 0 amide bonds. The van der Waals surface area contributed by atoms with Crippen molar-refractivity contribution in [2.45, 2.75) is 31.6 Å². The van der Waals surface area contributed by atoms with Crippen molar-refractivity contribution in [2.75, 3.05) is 20.7 Å². The fourth-order valence-corrected chi connectivity index (χ4v) is 3.46. The molecule has 0 saturated heterocycles. The minimum atomic E-state index is -4.49. The Bertz CT molecular complexity index is 1220. The van der Waals surface area contributed by atoms with Crippen LogP contribution in [0.1, 0.15) is 24.0 Å². The highest BCUT2D eigenvalue weighted by Gasteiger charge is 2.30. The molecule has 1 unspecified atom stereocenters. The normalized spacial score (nSPS) is 12.7. The summed E-state index contributed by atoms with van der Waals surface area (Å²) >= 11 is 6.12. The van der Waals surface area contributed by atoms with Crippen LogP contribution in [0.25, 0.3) is 11.5 Å².